The highest BCUT2D eigenvalue weighted by molar-refractivity contribution is 5.91. The molecule has 0 unspecified atom stereocenters. The van der Waals surface area contributed by atoms with Gasteiger partial charge in [0.1, 0.15) is 31.9 Å². The third-order valence-electron chi connectivity index (χ3n) is 12.2. The Balaban J connectivity index is -0.00000113. The van der Waals surface area contributed by atoms with Crippen molar-refractivity contribution in [3.8, 4) is 0 Å². The first-order chi connectivity index (χ1) is 50.2. The predicted molar refractivity (Wildman–Crippen MR) is 420 cm³/mol. The largest absolute Gasteiger partial charge is 0.478 e. The molecule has 0 saturated carbocycles. The lowest BCUT2D eigenvalue weighted by Gasteiger charge is -2.32. The van der Waals surface area contributed by atoms with Crippen molar-refractivity contribution >= 4 is 90.0 Å². The Bertz CT molecular complexity index is 3740. The topological polar surface area (TPSA) is 270 Å². The van der Waals surface area contributed by atoms with E-state index in [1.54, 1.807) is 112 Å². The van der Waals surface area contributed by atoms with Crippen LogP contribution in [-0.2, 0) is 71.6 Å². The van der Waals surface area contributed by atoms with E-state index >= 15 is 0 Å². The summed E-state index contributed by atoms with van der Waals surface area (Å²) in [6.07, 6.45) is 45.7. The zero-order valence-electron chi connectivity index (χ0n) is 62.1. The predicted octanol–water partition coefficient (Wildman–Crippen LogP) is 18.2. The highest BCUT2D eigenvalue weighted by Crippen LogP contribution is 2.40. The molecule has 0 atom stereocenters. The molecule has 0 amide bonds. The number of methoxy groups -OCH3 is 1. The van der Waals surface area contributed by atoms with E-state index in [2.05, 4.69) is 43.4 Å². The molecule has 0 spiro atoms. The van der Waals surface area contributed by atoms with Crippen LogP contribution in [-0.4, -0.2) is 103 Å². The first-order valence-corrected chi connectivity index (χ1v) is 33.1. The Kier molecular flexibility index (Phi) is 60.9. The zero-order valence-corrected chi connectivity index (χ0v) is 62.1. The monoisotopic (exact) mass is 1430 g/mol. The van der Waals surface area contributed by atoms with Crippen LogP contribution in [0.1, 0.15) is 117 Å². The van der Waals surface area contributed by atoms with Gasteiger partial charge in [-0.05, 0) is 169 Å². The van der Waals surface area contributed by atoms with Crippen molar-refractivity contribution in [2.75, 3.05) is 33.5 Å². The molecule has 1 heterocycles. The molecule has 558 valence electrons. The number of ketones is 2. The molecule has 18 heteroatoms. The number of carbonyl (C=O) groups excluding carboxylic acids is 8. The summed E-state index contributed by atoms with van der Waals surface area (Å²) in [6.45, 7) is 26.4. The number of carboxylic acids is 2. The van der Waals surface area contributed by atoms with Gasteiger partial charge in [0.2, 0.25) is 0 Å². The molecule has 2 N–H and O–H groups in total. The number of furan rings is 1. The van der Waals surface area contributed by atoms with E-state index in [4.69, 9.17) is 28.8 Å². The van der Waals surface area contributed by atoms with Crippen molar-refractivity contribution in [3.05, 3.63) is 319 Å². The lowest BCUT2D eigenvalue weighted by molar-refractivity contribution is -0.146. The van der Waals surface area contributed by atoms with Crippen molar-refractivity contribution in [2.24, 2.45) is 5.41 Å². The maximum atomic E-state index is 11.3. The number of allylic oxidation sites excluding steroid dienone is 15. The van der Waals surface area contributed by atoms with Gasteiger partial charge in [0, 0.05) is 42.0 Å². The average Bonchev–Trinajstić information content (AvgIpc) is 1.16. The quantitative estimate of drug-likeness (QED) is 0.0105. The SMILES string of the molecule is C/C=C/C=C/C(=O)O.C/C=C/C=C/C(=O)OCC.C/C=C/C=C/C=O.C=C(C)C(=O)OCCOC(=O)/C=C/c1ccccc1.C=CCOC(=O)/C=C/c1ccccc1.CC(=O)/C=C/C1=C(C)CCCC1(C)C.CC(=O)/C=C/c1ccco1.COC(=O)/C=C/c1ccccc1.O=C(O)/C=C/c1ccccc1. The maximum absolute atomic E-state index is 11.3. The lowest BCUT2D eigenvalue weighted by atomic mass is 9.72. The van der Waals surface area contributed by atoms with Crippen molar-refractivity contribution in [1.29, 1.82) is 0 Å². The summed E-state index contributed by atoms with van der Waals surface area (Å²) in [5.41, 5.74) is 7.14. The zero-order chi connectivity index (χ0) is 79.2. The van der Waals surface area contributed by atoms with Crippen LogP contribution in [0.4, 0.5) is 0 Å². The second-order valence-corrected chi connectivity index (χ2v) is 21.6. The second kappa shape index (κ2) is 66.1. The molecule has 0 aliphatic heterocycles. The molecule has 18 nitrogen and oxygen atoms in total. The highest BCUT2D eigenvalue weighted by Gasteiger charge is 2.26. The van der Waals surface area contributed by atoms with Crippen LogP contribution in [0.15, 0.2) is 296 Å². The summed E-state index contributed by atoms with van der Waals surface area (Å²) in [5.74, 6) is -2.92. The first-order valence-electron chi connectivity index (χ1n) is 33.1. The van der Waals surface area contributed by atoms with Crippen LogP contribution in [0.2, 0.25) is 0 Å². The van der Waals surface area contributed by atoms with Gasteiger partial charge in [0.15, 0.2) is 11.6 Å². The third-order valence-corrected chi connectivity index (χ3v) is 12.2. The van der Waals surface area contributed by atoms with Crippen LogP contribution in [0, 0.1) is 5.41 Å². The molecule has 105 heavy (non-hydrogen) atoms. The number of aldehydes is 1. The van der Waals surface area contributed by atoms with Crippen molar-refractivity contribution in [2.45, 2.75) is 88.5 Å². The fourth-order valence-electron chi connectivity index (χ4n) is 7.32. The number of hydrogen-bond acceptors (Lipinski definition) is 16. The molecule has 4 aromatic carbocycles. The van der Waals surface area contributed by atoms with E-state index in [1.807, 2.05) is 160 Å². The van der Waals surface area contributed by atoms with Gasteiger partial charge in [-0.15, -0.1) is 0 Å². The minimum absolute atomic E-state index is 0.0244. The average molecular weight is 1440 g/mol. The second-order valence-electron chi connectivity index (χ2n) is 21.6. The molecular formula is C87H102O18. The van der Waals surface area contributed by atoms with E-state index in [0.717, 1.165) is 40.7 Å². The van der Waals surface area contributed by atoms with Crippen LogP contribution in [0.3, 0.4) is 0 Å². The van der Waals surface area contributed by atoms with Gasteiger partial charge in [-0.3, -0.25) is 14.4 Å². The van der Waals surface area contributed by atoms with Gasteiger partial charge in [0.25, 0.3) is 0 Å². The molecule has 0 radical (unpaired) electrons. The molecule has 5 aromatic rings. The molecular weight excluding hydrogens is 1330 g/mol. The Morgan fingerprint density at radius 2 is 0.914 bits per heavy atom. The number of ether oxygens (including phenoxy) is 5. The normalized spacial score (nSPS) is 11.9. The summed E-state index contributed by atoms with van der Waals surface area (Å²) in [4.78, 5) is 105. The molecule has 1 aliphatic rings. The van der Waals surface area contributed by atoms with Gasteiger partial charge in [0.05, 0.1) is 20.0 Å². The Morgan fingerprint density at radius 1 is 0.495 bits per heavy atom. The van der Waals surface area contributed by atoms with Crippen molar-refractivity contribution in [3.63, 3.8) is 0 Å². The number of hydrogen-bond donors (Lipinski definition) is 2. The fourth-order valence-corrected chi connectivity index (χ4v) is 7.32. The molecule has 0 bridgehead atoms. The van der Waals surface area contributed by atoms with E-state index in [9.17, 15) is 47.9 Å². The number of benzene rings is 4. The van der Waals surface area contributed by atoms with Crippen LogP contribution < -0.4 is 0 Å². The highest BCUT2D eigenvalue weighted by atomic mass is 16.6. The maximum Gasteiger partial charge on any atom is 0.333 e. The van der Waals surface area contributed by atoms with Gasteiger partial charge in [-0.25, -0.2) is 33.6 Å². The Hall–Kier alpha value is -12.4. The van der Waals surface area contributed by atoms with Gasteiger partial charge in [-0.2, -0.15) is 0 Å². The van der Waals surface area contributed by atoms with Gasteiger partial charge in [-0.1, -0.05) is 221 Å². The number of esters is 5. The minimum Gasteiger partial charge on any atom is -0.478 e. The molecule has 0 saturated heterocycles. The first kappa shape index (κ1) is 96.7. The summed E-state index contributed by atoms with van der Waals surface area (Å²) in [6, 6.07) is 41.4. The van der Waals surface area contributed by atoms with Gasteiger partial charge < -0.3 is 38.3 Å². The molecule has 6 rings (SSSR count). The Labute approximate surface area is 619 Å². The van der Waals surface area contributed by atoms with Crippen LogP contribution in [0.25, 0.3) is 30.4 Å². The third kappa shape index (κ3) is 63.5. The Morgan fingerprint density at radius 3 is 1.30 bits per heavy atom. The molecule has 1 aromatic heterocycles. The number of aliphatic carboxylic acids is 2. The molecule has 1 aliphatic carbocycles. The number of carboxylic acid groups (broad SMARTS) is 2. The smallest absolute Gasteiger partial charge is 0.333 e. The van der Waals surface area contributed by atoms with Crippen molar-refractivity contribution in [1.82, 2.24) is 0 Å². The summed E-state index contributed by atoms with van der Waals surface area (Å²) >= 11 is 0. The lowest BCUT2D eigenvalue weighted by Crippen LogP contribution is -2.19. The van der Waals surface area contributed by atoms with Crippen LogP contribution >= 0.6 is 0 Å². The molecule has 0 fully saturated rings. The number of rotatable bonds is 25. The van der Waals surface area contributed by atoms with E-state index in [1.165, 1.54) is 93.1 Å². The van der Waals surface area contributed by atoms with Crippen LogP contribution in [0.5, 0.6) is 0 Å². The fraction of sp³-hybridized carbons (Fsp3) is 0.218. The van der Waals surface area contributed by atoms with Gasteiger partial charge >= 0.3 is 41.8 Å². The van der Waals surface area contributed by atoms with E-state index < -0.39 is 23.9 Å². The summed E-state index contributed by atoms with van der Waals surface area (Å²) < 4.78 is 28.4. The standard InChI is InChI=1S/C15H16O4.C13H20O.C12H12O2.C10H10O2.C9H8O2.C8H8O2.C8H12O2.C6H8O2.C6H8O/c1-12(2)15(17)19-11-10-18-14(16)9-8-13-6-4-3-5-7-13;1-10-6-5-9-13(3,4)12(10)8-7-11(2)14;1-2-10-14-12(13)9-8-11-6-4-3-5-7-11;1-12-10(11)8-7-9-5-3-2-4-6-9;10-9(11)7-6-8-4-2-1-3-5-8;1-7(9)4-5-8-3-2-6-10-8;1-3-5-6-7-8(9)10-4-2;1-2-3-4-5-6(7)8;1-2-3-4-5-6-7/h3-9H,1,10-11H2,2H3;7-8H,5-6,9H2,1-4H3;2-9H,1,10H2;2-8H,1H3;1-7H,(H,10,11);2-6H,1H3;3,5-7H,4H2,1-2H3;2-5H,1H3,(H,7,8);2-6H,1H3/b9-8+;8-7+;9-8+;8-7+;7-6+;5-4+;5-3+,7-6+;2*3-2+,5-4+. The van der Waals surface area contributed by atoms with Crippen molar-refractivity contribution < 1.29 is 86.3 Å². The van der Waals surface area contributed by atoms with E-state index in [0.29, 0.717) is 17.9 Å². The minimum atomic E-state index is -0.922. The van der Waals surface area contributed by atoms with E-state index in [-0.39, 0.29) is 54.7 Å². The summed E-state index contributed by atoms with van der Waals surface area (Å²) in [7, 11) is 1.36. The summed E-state index contributed by atoms with van der Waals surface area (Å²) in [5, 5.41) is 16.3. The number of carbonyl (C=O) groups is 10.